The second-order valence-electron chi connectivity index (χ2n) is 3.88. The van der Waals surface area contributed by atoms with Crippen molar-refractivity contribution in [1.29, 1.82) is 0 Å². The molecule has 0 saturated heterocycles. The fourth-order valence-electron chi connectivity index (χ4n) is 1.05. The van der Waals surface area contributed by atoms with Crippen molar-refractivity contribution in [2.45, 2.75) is 19.4 Å². The van der Waals surface area contributed by atoms with Gasteiger partial charge < -0.3 is 10.6 Å². The van der Waals surface area contributed by atoms with Crippen LogP contribution >= 0.6 is 0 Å². The Bertz CT molecular complexity index is 312. The number of pyridine rings is 1. The first-order chi connectivity index (χ1) is 6.49. The van der Waals surface area contributed by atoms with Crippen LogP contribution < -0.4 is 10.6 Å². The van der Waals surface area contributed by atoms with Crippen LogP contribution in [-0.4, -0.2) is 24.1 Å². The lowest BCUT2D eigenvalue weighted by Crippen LogP contribution is -2.48. The third-order valence-corrected chi connectivity index (χ3v) is 2.46. The molecule has 0 aromatic carbocycles. The first kappa shape index (κ1) is 10.9. The van der Waals surface area contributed by atoms with E-state index in [0.29, 0.717) is 12.4 Å². The van der Waals surface area contributed by atoms with E-state index in [9.17, 15) is 4.39 Å². The van der Waals surface area contributed by atoms with E-state index in [1.807, 2.05) is 13.8 Å². The minimum atomic E-state index is -0.323. The van der Waals surface area contributed by atoms with Crippen molar-refractivity contribution in [2.75, 3.05) is 18.5 Å². The Balaban J connectivity index is 3.00. The number of anilines is 1. The van der Waals surface area contributed by atoms with Gasteiger partial charge in [-0.15, -0.1) is 0 Å². The largest absolute Gasteiger partial charge is 0.351 e. The van der Waals surface area contributed by atoms with E-state index in [2.05, 4.69) is 4.98 Å². The molecule has 14 heavy (non-hydrogen) atoms. The van der Waals surface area contributed by atoms with Gasteiger partial charge in [-0.25, -0.2) is 9.37 Å². The SMILES string of the molecule is CN(c1ncccc1F)C(C)(C)CN. The number of rotatable bonds is 3. The zero-order valence-electron chi connectivity index (χ0n) is 8.79. The van der Waals surface area contributed by atoms with Crippen molar-refractivity contribution < 1.29 is 4.39 Å². The van der Waals surface area contributed by atoms with Crippen LogP contribution in [0.3, 0.4) is 0 Å². The maximum absolute atomic E-state index is 13.4. The Labute approximate surface area is 83.7 Å². The number of hydrogen-bond donors (Lipinski definition) is 1. The smallest absolute Gasteiger partial charge is 0.165 e. The third kappa shape index (κ3) is 2.01. The molecule has 0 aliphatic heterocycles. The molecule has 0 atom stereocenters. The highest BCUT2D eigenvalue weighted by molar-refractivity contribution is 5.41. The molecule has 0 fully saturated rings. The Hall–Kier alpha value is -1.16. The van der Waals surface area contributed by atoms with Crippen LogP contribution in [0, 0.1) is 5.82 Å². The molecular formula is C10H16FN3. The molecule has 0 aliphatic rings. The highest BCUT2D eigenvalue weighted by Gasteiger charge is 2.24. The van der Waals surface area contributed by atoms with Crippen LogP contribution in [-0.2, 0) is 0 Å². The summed E-state index contributed by atoms with van der Waals surface area (Å²) in [5, 5.41) is 0. The maximum atomic E-state index is 13.4. The van der Waals surface area contributed by atoms with Crippen molar-refractivity contribution in [2.24, 2.45) is 5.73 Å². The zero-order valence-corrected chi connectivity index (χ0v) is 8.79. The van der Waals surface area contributed by atoms with E-state index in [0.717, 1.165) is 0 Å². The summed E-state index contributed by atoms with van der Waals surface area (Å²) in [4.78, 5) is 5.74. The summed E-state index contributed by atoms with van der Waals surface area (Å²) < 4.78 is 13.4. The average Bonchev–Trinajstić information content (AvgIpc) is 2.17. The Morgan fingerprint density at radius 3 is 2.71 bits per heavy atom. The summed E-state index contributed by atoms with van der Waals surface area (Å²) in [6, 6.07) is 2.97. The summed E-state index contributed by atoms with van der Waals surface area (Å²) in [7, 11) is 1.79. The van der Waals surface area contributed by atoms with Crippen molar-refractivity contribution in [3.8, 4) is 0 Å². The molecule has 0 amide bonds. The first-order valence-electron chi connectivity index (χ1n) is 4.53. The standard InChI is InChI=1S/C10H16FN3/c1-10(2,7-12)14(3)9-8(11)5-4-6-13-9/h4-6H,7,12H2,1-3H3. The molecule has 3 nitrogen and oxygen atoms in total. The van der Waals surface area contributed by atoms with Crippen LogP contribution in [0.25, 0.3) is 0 Å². The van der Waals surface area contributed by atoms with Gasteiger partial charge in [0.2, 0.25) is 0 Å². The fourth-order valence-corrected chi connectivity index (χ4v) is 1.05. The van der Waals surface area contributed by atoms with Gasteiger partial charge in [0.1, 0.15) is 0 Å². The van der Waals surface area contributed by atoms with Gasteiger partial charge in [0.25, 0.3) is 0 Å². The first-order valence-corrected chi connectivity index (χ1v) is 4.53. The third-order valence-electron chi connectivity index (χ3n) is 2.46. The lowest BCUT2D eigenvalue weighted by molar-refractivity contribution is 0.482. The van der Waals surface area contributed by atoms with Gasteiger partial charge in [-0.05, 0) is 26.0 Å². The Morgan fingerprint density at radius 2 is 2.21 bits per heavy atom. The van der Waals surface area contributed by atoms with E-state index >= 15 is 0 Å². The molecule has 0 unspecified atom stereocenters. The van der Waals surface area contributed by atoms with Crippen LogP contribution in [0.1, 0.15) is 13.8 Å². The van der Waals surface area contributed by atoms with E-state index in [1.54, 1.807) is 24.2 Å². The van der Waals surface area contributed by atoms with Crippen molar-refractivity contribution in [3.05, 3.63) is 24.1 Å². The Kier molecular flexibility index (Phi) is 3.06. The average molecular weight is 197 g/mol. The van der Waals surface area contributed by atoms with Gasteiger partial charge in [0.15, 0.2) is 11.6 Å². The molecule has 1 aromatic heterocycles. The second-order valence-corrected chi connectivity index (χ2v) is 3.88. The quantitative estimate of drug-likeness (QED) is 0.796. The molecule has 0 aliphatic carbocycles. The Morgan fingerprint density at radius 1 is 1.57 bits per heavy atom. The molecule has 1 aromatic rings. The second kappa shape index (κ2) is 3.92. The number of nitrogens with zero attached hydrogens (tertiary/aromatic N) is 2. The lowest BCUT2D eigenvalue weighted by Gasteiger charge is -2.35. The summed E-state index contributed by atoms with van der Waals surface area (Å²) in [5.41, 5.74) is 5.31. The van der Waals surface area contributed by atoms with Gasteiger partial charge in [0.05, 0.1) is 0 Å². The fraction of sp³-hybridized carbons (Fsp3) is 0.500. The van der Waals surface area contributed by atoms with Crippen molar-refractivity contribution in [3.63, 3.8) is 0 Å². The van der Waals surface area contributed by atoms with Gasteiger partial charge in [0, 0.05) is 25.3 Å². The van der Waals surface area contributed by atoms with Gasteiger partial charge in [-0.1, -0.05) is 0 Å². The molecule has 1 heterocycles. The number of likely N-dealkylation sites (N-methyl/N-ethyl adjacent to an activating group) is 1. The summed E-state index contributed by atoms with van der Waals surface area (Å²) >= 11 is 0. The van der Waals surface area contributed by atoms with E-state index < -0.39 is 0 Å². The minimum Gasteiger partial charge on any atom is -0.351 e. The van der Waals surface area contributed by atoms with Gasteiger partial charge >= 0.3 is 0 Å². The van der Waals surface area contributed by atoms with E-state index in [4.69, 9.17) is 5.73 Å². The molecule has 2 N–H and O–H groups in total. The molecule has 78 valence electrons. The van der Waals surface area contributed by atoms with Crippen molar-refractivity contribution in [1.82, 2.24) is 4.98 Å². The van der Waals surface area contributed by atoms with Crippen LogP contribution in [0.5, 0.6) is 0 Å². The van der Waals surface area contributed by atoms with E-state index in [1.165, 1.54) is 6.07 Å². The topological polar surface area (TPSA) is 42.2 Å². The van der Waals surface area contributed by atoms with Gasteiger partial charge in [-0.3, -0.25) is 0 Å². The number of nitrogens with two attached hydrogens (primary N) is 1. The van der Waals surface area contributed by atoms with Crippen LogP contribution in [0.2, 0.25) is 0 Å². The number of hydrogen-bond acceptors (Lipinski definition) is 3. The predicted molar refractivity (Wildman–Crippen MR) is 55.7 cm³/mol. The van der Waals surface area contributed by atoms with Crippen LogP contribution in [0.15, 0.2) is 18.3 Å². The minimum absolute atomic E-state index is 0.296. The van der Waals surface area contributed by atoms with Crippen LogP contribution in [0.4, 0.5) is 10.2 Å². The summed E-state index contributed by atoms with van der Waals surface area (Å²) in [6.45, 7) is 4.34. The molecule has 0 saturated carbocycles. The number of aromatic nitrogens is 1. The molecule has 0 radical (unpaired) electrons. The number of halogens is 1. The monoisotopic (exact) mass is 197 g/mol. The zero-order chi connectivity index (χ0) is 10.8. The highest BCUT2D eigenvalue weighted by Crippen LogP contribution is 2.21. The molecule has 0 spiro atoms. The normalized spacial score (nSPS) is 11.5. The van der Waals surface area contributed by atoms with Crippen molar-refractivity contribution >= 4 is 5.82 Å². The summed E-state index contributed by atoms with van der Waals surface area (Å²) in [5.74, 6) is 0.0134. The molecule has 1 rings (SSSR count). The molecule has 0 bridgehead atoms. The molecule has 4 heteroatoms. The summed E-state index contributed by atoms with van der Waals surface area (Å²) in [6.07, 6.45) is 1.57. The van der Waals surface area contributed by atoms with E-state index in [-0.39, 0.29) is 11.4 Å². The maximum Gasteiger partial charge on any atom is 0.165 e. The van der Waals surface area contributed by atoms with Gasteiger partial charge in [-0.2, -0.15) is 0 Å². The predicted octanol–water partition coefficient (Wildman–Crippen LogP) is 1.39. The molecular weight excluding hydrogens is 181 g/mol. The lowest BCUT2D eigenvalue weighted by atomic mass is 10.0. The highest BCUT2D eigenvalue weighted by atomic mass is 19.1.